The first-order chi connectivity index (χ1) is 14.5. The number of hydrogen-bond acceptors (Lipinski definition) is 5. The summed E-state index contributed by atoms with van der Waals surface area (Å²) in [6.07, 6.45) is 0. The first kappa shape index (κ1) is 18.2. The second-order valence-electron chi connectivity index (χ2n) is 7.26. The van der Waals surface area contributed by atoms with Crippen molar-refractivity contribution in [3.8, 4) is 5.75 Å². The fourth-order valence-corrected chi connectivity index (χ4v) is 4.42. The van der Waals surface area contributed by atoms with Crippen LogP contribution in [0.2, 0.25) is 0 Å². The van der Waals surface area contributed by atoms with E-state index in [2.05, 4.69) is 10.3 Å². The van der Waals surface area contributed by atoms with Crippen LogP contribution < -0.4 is 21.3 Å². The maximum atomic E-state index is 13.4. The van der Waals surface area contributed by atoms with E-state index in [4.69, 9.17) is 4.74 Å². The van der Waals surface area contributed by atoms with Crippen molar-refractivity contribution in [2.75, 3.05) is 12.4 Å². The molecule has 0 saturated heterocycles. The Balaban J connectivity index is 1.87. The van der Waals surface area contributed by atoms with E-state index in [-0.39, 0.29) is 5.78 Å². The van der Waals surface area contributed by atoms with Crippen molar-refractivity contribution in [1.82, 2.24) is 9.55 Å². The lowest BCUT2D eigenvalue weighted by atomic mass is 9.81. The summed E-state index contributed by atoms with van der Waals surface area (Å²) < 4.78 is 6.86. The zero-order chi connectivity index (χ0) is 21.0. The summed E-state index contributed by atoms with van der Waals surface area (Å²) in [5, 5.41) is 3.25. The van der Waals surface area contributed by atoms with Crippen LogP contribution in [0, 0.1) is 0 Å². The van der Waals surface area contributed by atoms with Gasteiger partial charge in [-0.2, -0.15) is 0 Å². The van der Waals surface area contributed by atoms with E-state index in [1.165, 1.54) is 4.57 Å². The number of ether oxygens (including phenoxy) is 1. The van der Waals surface area contributed by atoms with E-state index in [1.54, 1.807) is 13.2 Å². The molecule has 2 aromatic carbocycles. The van der Waals surface area contributed by atoms with E-state index >= 15 is 0 Å². The summed E-state index contributed by atoms with van der Waals surface area (Å²) >= 11 is 0. The normalized spacial score (nSPS) is 16.6. The molecule has 2 N–H and O–H groups in total. The number of anilines is 1. The molecule has 0 fully saturated rings. The number of nitrogens with one attached hydrogen (secondary N) is 2. The molecule has 0 radical (unpaired) electrons. The number of nitrogens with zero attached hydrogens (tertiary/aromatic N) is 1. The van der Waals surface area contributed by atoms with Gasteiger partial charge in [0.05, 0.1) is 18.4 Å². The first-order valence-electron chi connectivity index (χ1n) is 9.71. The topological polar surface area (TPSA) is 93.2 Å². The number of carbonyl (C=O) groups is 1. The molecule has 3 aromatic rings. The van der Waals surface area contributed by atoms with E-state index in [1.807, 2.05) is 49.4 Å². The van der Waals surface area contributed by atoms with Crippen LogP contribution in [0.1, 0.15) is 39.9 Å². The minimum absolute atomic E-state index is 0.125. The number of H-pyrrole nitrogens is 1. The van der Waals surface area contributed by atoms with Gasteiger partial charge in [0, 0.05) is 29.2 Å². The average Bonchev–Trinajstić information content (AvgIpc) is 3.05. The molecular formula is C23H19N3O4. The molecule has 0 bridgehead atoms. The summed E-state index contributed by atoms with van der Waals surface area (Å²) in [6.45, 7) is 2.20. The van der Waals surface area contributed by atoms with Gasteiger partial charge in [-0.15, -0.1) is 0 Å². The molecule has 5 rings (SSSR count). The monoisotopic (exact) mass is 401 g/mol. The van der Waals surface area contributed by atoms with Gasteiger partial charge < -0.3 is 10.1 Å². The molecule has 0 amide bonds. The number of rotatable bonds is 3. The van der Waals surface area contributed by atoms with E-state index < -0.39 is 17.2 Å². The molecule has 2 aliphatic rings. The van der Waals surface area contributed by atoms with Crippen molar-refractivity contribution >= 4 is 17.3 Å². The van der Waals surface area contributed by atoms with Crippen LogP contribution >= 0.6 is 0 Å². The molecular weight excluding hydrogens is 382 g/mol. The van der Waals surface area contributed by atoms with Crippen LogP contribution in [0.5, 0.6) is 5.75 Å². The third-order valence-electron chi connectivity index (χ3n) is 5.75. The second-order valence-corrected chi connectivity index (χ2v) is 7.26. The maximum Gasteiger partial charge on any atom is 0.329 e. The molecule has 1 atom stereocenters. The minimum atomic E-state index is -0.631. The van der Waals surface area contributed by atoms with Crippen LogP contribution in [0.15, 0.2) is 63.7 Å². The van der Waals surface area contributed by atoms with Gasteiger partial charge in [-0.05, 0) is 24.6 Å². The predicted molar refractivity (Wildman–Crippen MR) is 113 cm³/mol. The molecule has 7 nitrogen and oxygen atoms in total. The van der Waals surface area contributed by atoms with Gasteiger partial charge >= 0.3 is 5.69 Å². The third-order valence-corrected chi connectivity index (χ3v) is 5.75. The number of methoxy groups -OCH3 is 1. The van der Waals surface area contributed by atoms with Crippen molar-refractivity contribution in [3.63, 3.8) is 0 Å². The number of aromatic nitrogens is 2. The highest BCUT2D eigenvalue weighted by atomic mass is 16.5. The van der Waals surface area contributed by atoms with Crippen molar-refractivity contribution in [2.45, 2.75) is 19.4 Å². The van der Waals surface area contributed by atoms with Gasteiger partial charge in [-0.25, -0.2) is 4.79 Å². The lowest BCUT2D eigenvalue weighted by Crippen LogP contribution is -2.38. The zero-order valence-electron chi connectivity index (χ0n) is 16.5. The van der Waals surface area contributed by atoms with Gasteiger partial charge in [-0.1, -0.05) is 36.4 Å². The Morgan fingerprint density at radius 1 is 1.03 bits per heavy atom. The number of allylic oxidation sites excluding steroid dienone is 1. The SMILES string of the molecule is CCn1c2c(c(=O)[nH]c1=O)[C@@H](c1cccc(OC)c1)C1=C(N2)c2ccccc2C1=O. The van der Waals surface area contributed by atoms with Gasteiger partial charge in [0.25, 0.3) is 5.56 Å². The number of aromatic amines is 1. The molecule has 30 heavy (non-hydrogen) atoms. The standard InChI is InChI=1S/C23H19N3O4/c1-3-26-21-18(22(28)25-23(26)29)16(12-7-6-8-13(11-12)30-2)17-19(24-21)14-9-4-5-10-15(14)20(17)27/h4-11,16,24H,3H2,1-2H3,(H,25,28,29)/t16-/m0/s1. The van der Waals surface area contributed by atoms with Gasteiger partial charge in [0.1, 0.15) is 11.6 Å². The number of ketones is 1. The third kappa shape index (κ3) is 2.41. The molecule has 7 heteroatoms. The molecule has 0 unspecified atom stereocenters. The summed E-state index contributed by atoms with van der Waals surface area (Å²) in [7, 11) is 1.57. The van der Waals surface area contributed by atoms with Crippen LogP contribution in [0.25, 0.3) is 5.70 Å². The van der Waals surface area contributed by atoms with Gasteiger partial charge in [-0.3, -0.25) is 19.1 Å². The molecule has 150 valence electrons. The predicted octanol–water partition coefficient (Wildman–Crippen LogP) is 2.73. The number of carbonyl (C=O) groups excluding carboxylic acids is 1. The van der Waals surface area contributed by atoms with Gasteiger partial charge in [0.15, 0.2) is 5.78 Å². The smallest absolute Gasteiger partial charge is 0.329 e. The van der Waals surface area contributed by atoms with Crippen molar-refractivity contribution in [1.29, 1.82) is 0 Å². The fourth-order valence-electron chi connectivity index (χ4n) is 4.42. The largest absolute Gasteiger partial charge is 0.497 e. The first-order valence-corrected chi connectivity index (χ1v) is 9.71. The number of hydrogen-bond donors (Lipinski definition) is 2. The minimum Gasteiger partial charge on any atom is -0.497 e. The van der Waals surface area contributed by atoms with Crippen LogP contribution in [-0.2, 0) is 6.54 Å². The highest BCUT2D eigenvalue weighted by molar-refractivity contribution is 6.23. The fraction of sp³-hybridized carbons (Fsp3) is 0.174. The molecule has 2 heterocycles. The number of Topliss-reactive ketones (excluding diaryl/α,β-unsaturated/α-hetero) is 1. The molecule has 1 aliphatic carbocycles. The maximum absolute atomic E-state index is 13.4. The highest BCUT2D eigenvalue weighted by Gasteiger charge is 2.42. The lowest BCUT2D eigenvalue weighted by Gasteiger charge is -2.29. The summed E-state index contributed by atoms with van der Waals surface area (Å²) in [4.78, 5) is 41.2. The zero-order valence-corrected chi connectivity index (χ0v) is 16.5. The Kier molecular flexibility index (Phi) is 3.99. The van der Waals surface area contributed by atoms with Crippen LogP contribution in [0.3, 0.4) is 0 Å². The van der Waals surface area contributed by atoms with Crippen LogP contribution in [-0.4, -0.2) is 22.4 Å². The van der Waals surface area contributed by atoms with Crippen molar-refractivity contribution < 1.29 is 9.53 Å². The number of fused-ring (bicyclic) bond motifs is 3. The molecule has 0 spiro atoms. The Labute approximate surface area is 171 Å². The quantitative estimate of drug-likeness (QED) is 0.704. The van der Waals surface area contributed by atoms with Crippen molar-refractivity contribution in [2.24, 2.45) is 0 Å². The Morgan fingerprint density at radius 2 is 1.80 bits per heavy atom. The Morgan fingerprint density at radius 3 is 2.53 bits per heavy atom. The molecule has 1 aliphatic heterocycles. The van der Waals surface area contributed by atoms with Crippen LogP contribution in [0.4, 0.5) is 5.82 Å². The second kappa shape index (κ2) is 6.59. The van der Waals surface area contributed by atoms with E-state index in [9.17, 15) is 14.4 Å². The summed E-state index contributed by atoms with van der Waals surface area (Å²) in [5.74, 6) is 0.286. The molecule has 0 saturated carbocycles. The average molecular weight is 401 g/mol. The summed E-state index contributed by atoms with van der Waals surface area (Å²) in [5.41, 5.74) is 2.60. The Hall–Kier alpha value is -3.87. The highest BCUT2D eigenvalue weighted by Crippen LogP contribution is 2.48. The number of benzene rings is 2. The lowest BCUT2D eigenvalue weighted by molar-refractivity contribution is 0.103. The van der Waals surface area contributed by atoms with E-state index in [0.717, 1.165) is 11.1 Å². The van der Waals surface area contributed by atoms with E-state index in [0.29, 0.717) is 40.5 Å². The van der Waals surface area contributed by atoms with Gasteiger partial charge in [0.2, 0.25) is 0 Å². The summed E-state index contributed by atoms with van der Waals surface area (Å²) in [6, 6.07) is 14.7. The molecule has 1 aromatic heterocycles. The Bertz CT molecular complexity index is 1360. The van der Waals surface area contributed by atoms with Crippen molar-refractivity contribution in [3.05, 3.63) is 97.2 Å².